The van der Waals surface area contributed by atoms with Crippen LogP contribution >= 0.6 is 0 Å². The van der Waals surface area contributed by atoms with Crippen LogP contribution in [0.15, 0.2) is 42.7 Å². The van der Waals surface area contributed by atoms with E-state index in [0.29, 0.717) is 22.9 Å². The van der Waals surface area contributed by atoms with Crippen LogP contribution < -0.4 is 24.8 Å². The zero-order chi connectivity index (χ0) is 21.7. The number of halogens is 3. The summed E-state index contributed by atoms with van der Waals surface area (Å²) >= 11 is 0. The summed E-state index contributed by atoms with van der Waals surface area (Å²) in [6, 6.07) is 8.04. The SMILES string of the molecule is COc1cc(Nc2ncnc(Nc3cccc(C(F)(F)F)c3)n2)cc(OC)c1OC. The van der Waals surface area contributed by atoms with Crippen LogP contribution in [0.25, 0.3) is 0 Å². The van der Waals surface area contributed by atoms with E-state index < -0.39 is 11.7 Å². The molecule has 0 radical (unpaired) electrons. The summed E-state index contributed by atoms with van der Waals surface area (Å²) in [5.74, 6) is 1.51. The number of rotatable bonds is 7. The number of ether oxygens (including phenoxy) is 3. The summed E-state index contributed by atoms with van der Waals surface area (Å²) in [7, 11) is 4.47. The Balaban J connectivity index is 1.83. The second-order valence-electron chi connectivity index (χ2n) is 5.88. The van der Waals surface area contributed by atoms with E-state index in [1.807, 2.05) is 0 Å². The normalized spacial score (nSPS) is 11.0. The first-order valence-corrected chi connectivity index (χ1v) is 8.54. The van der Waals surface area contributed by atoms with Gasteiger partial charge in [-0.25, -0.2) is 9.97 Å². The van der Waals surface area contributed by atoms with Gasteiger partial charge in [0.05, 0.1) is 26.9 Å². The molecule has 30 heavy (non-hydrogen) atoms. The zero-order valence-electron chi connectivity index (χ0n) is 16.2. The number of nitrogens with zero attached hydrogens (tertiary/aromatic N) is 3. The summed E-state index contributed by atoms with van der Waals surface area (Å²) in [6.07, 6.45) is -3.22. The monoisotopic (exact) mass is 421 g/mol. The third-order valence-electron chi connectivity index (χ3n) is 3.94. The van der Waals surface area contributed by atoms with E-state index >= 15 is 0 Å². The second-order valence-corrected chi connectivity index (χ2v) is 5.88. The van der Waals surface area contributed by atoms with Gasteiger partial charge in [0.1, 0.15) is 6.33 Å². The predicted octanol–water partition coefficient (Wildman–Crippen LogP) is 4.40. The Morgan fingerprint density at radius 3 is 1.93 bits per heavy atom. The van der Waals surface area contributed by atoms with E-state index in [1.54, 1.807) is 12.1 Å². The molecule has 0 aliphatic rings. The Morgan fingerprint density at radius 1 is 0.800 bits per heavy atom. The lowest BCUT2D eigenvalue weighted by molar-refractivity contribution is -0.137. The number of alkyl halides is 3. The number of methoxy groups -OCH3 is 3. The molecule has 2 N–H and O–H groups in total. The summed E-state index contributed by atoms with van der Waals surface area (Å²) in [4.78, 5) is 12.1. The predicted molar refractivity (Wildman–Crippen MR) is 104 cm³/mol. The molecule has 0 atom stereocenters. The molecule has 0 spiro atoms. The van der Waals surface area contributed by atoms with Gasteiger partial charge in [-0.2, -0.15) is 18.2 Å². The van der Waals surface area contributed by atoms with Crippen molar-refractivity contribution in [1.29, 1.82) is 0 Å². The van der Waals surface area contributed by atoms with Gasteiger partial charge in [0.2, 0.25) is 17.6 Å². The topological polar surface area (TPSA) is 90.4 Å². The molecule has 3 aromatic rings. The molecular weight excluding hydrogens is 403 g/mol. The van der Waals surface area contributed by atoms with Crippen molar-refractivity contribution in [3.63, 3.8) is 0 Å². The van der Waals surface area contributed by atoms with Gasteiger partial charge in [-0.15, -0.1) is 0 Å². The highest BCUT2D eigenvalue weighted by atomic mass is 19.4. The molecule has 1 heterocycles. The minimum atomic E-state index is -4.45. The van der Waals surface area contributed by atoms with Crippen LogP contribution in [0.5, 0.6) is 17.2 Å². The first-order chi connectivity index (χ1) is 14.3. The van der Waals surface area contributed by atoms with Crippen molar-refractivity contribution in [2.45, 2.75) is 6.18 Å². The van der Waals surface area contributed by atoms with Crippen LogP contribution in [0.3, 0.4) is 0 Å². The molecule has 2 aromatic carbocycles. The molecular formula is C19H18F3N5O3. The molecule has 0 amide bonds. The number of nitrogens with one attached hydrogen (secondary N) is 2. The number of aromatic nitrogens is 3. The standard InChI is InChI=1S/C19H18F3N5O3/c1-28-14-8-13(9-15(29-2)16(14)30-3)26-18-24-10-23-17(27-18)25-12-6-4-5-11(7-12)19(20,21)22/h4-10H,1-3H3,(H2,23,24,25,26,27). The average Bonchev–Trinajstić information content (AvgIpc) is 2.72. The van der Waals surface area contributed by atoms with Crippen LogP contribution in [0.2, 0.25) is 0 Å². The van der Waals surface area contributed by atoms with Gasteiger partial charge in [0.25, 0.3) is 0 Å². The quantitative estimate of drug-likeness (QED) is 0.580. The molecule has 0 fully saturated rings. The smallest absolute Gasteiger partial charge is 0.416 e. The lowest BCUT2D eigenvalue weighted by atomic mass is 10.2. The highest BCUT2D eigenvalue weighted by Gasteiger charge is 2.30. The number of hydrogen-bond acceptors (Lipinski definition) is 8. The Hall–Kier alpha value is -3.76. The van der Waals surface area contributed by atoms with Crippen LogP contribution in [-0.2, 0) is 6.18 Å². The van der Waals surface area contributed by atoms with Crippen LogP contribution in [-0.4, -0.2) is 36.3 Å². The molecule has 158 valence electrons. The molecule has 0 aliphatic heterocycles. The minimum absolute atomic E-state index is 0.0688. The van der Waals surface area contributed by atoms with Crippen molar-refractivity contribution >= 4 is 23.3 Å². The van der Waals surface area contributed by atoms with E-state index in [2.05, 4.69) is 25.6 Å². The highest BCUT2D eigenvalue weighted by molar-refractivity contribution is 5.66. The van der Waals surface area contributed by atoms with E-state index in [1.165, 1.54) is 39.8 Å². The molecule has 0 saturated carbocycles. The second kappa shape index (κ2) is 8.72. The molecule has 8 nitrogen and oxygen atoms in total. The van der Waals surface area contributed by atoms with Crippen molar-refractivity contribution < 1.29 is 27.4 Å². The van der Waals surface area contributed by atoms with E-state index in [-0.39, 0.29) is 17.6 Å². The van der Waals surface area contributed by atoms with Gasteiger partial charge in [0.15, 0.2) is 11.5 Å². The Bertz CT molecular complexity index is 1010. The van der Waals surface area contributed by atoms with Crippen LogP contribution in [0, 0.1) is 0 Å². The van der Waals surface area contributed by atoms with Crippen molar-refractivity contribution in [3.05, 3.63) is 48.3 Å². The van der Waals surface area contributed by atoms with Crippen molar-refractivity contribution in [2.75, 3.05) is 32.0 Å². The van der Waals surface area contributed by atoms with E-state index in [4.69, 9.17) is 14.2 Å². The molecule has 0 unspecified atom stereocenters. The van der Waals surface area contributed by atoms with Crippen LogP contribution in [0.4, 0.5) is 36.4 Å². The summed E-state index contributed by atoms with van der Waals surface area (Å²) < 4.78 is 54.5. The van der Waals surface area contributed by atoms with Gasteiger partial charge in [-0.3, -0.25) is 0 Å². The Kier molecular flexibility index (Phi) is 6.09. The Labute approximate surface area is 170 Å². The Morgan fingerprint density at radius 2 is 1.40 bits per heavy atom. The highest BCUT2D eigenvalue weighted by Crippen LogP contribution is 2.40. The molecule has 1 aromatic heterocycles. The van der Waals surface area contributed by atoms with E-state index in [0.717, 1.165) is 12.1 Å². The van der Waals surface area contributed by atoms with Crippen molar-refractivity contribution in [1.82, 2.24) is 15.0 Å². The maximum Gasteiger partial charge on any atom is 0.416 e. The van der Waals surface area contributed by atoms with Crippen molar-refractivity contribution in [2.24, 2.45) is 0 Å². The van der Waals surface area contributed by atoms with Crippen LogP contribution in [0.1, 0.15) is 5.56 Å². The summed E-state index contributed by atoms with van der Waals surface area (Å²) in [5.41, 5.74) is -0.0483. The summed E-state index contributed by atoms with van der Waals surface area (Å²) in [5, 5.41) is 5.70. The fourth-order valence-electron chi connectivity index (χ4n) is 2.60. The van der Waals surface area contributed by atoms with E-state index in [9.17, 15) is 13.2 Å². The molecule has 0 aliphatic carbocycles. The third kappa shape index (κ3) is 4.80. The zero-order valence-corrected chi connectivity index (χ0v) is 16.2. The average molecular weight is 421 g/mol. The maximum absolute atomic E-state index is 12.9. The number of hydrogen-bond donors (Lipinski definition) is 2. The first kappa shape index (κ1) is 21.0. The van der Waals surface area contributed by atoms with Gasteiger partial charge in [-0.05, 0) is 18.2 Å². The lowest BCUT2D eigenvalue weighted by Crippen LogP contribution is -2.06. The molecule has 11 heteroatoms. The molecule has 3 rings (SSSR count). The molecule has 0 bridgehead atoms. The fraction of sp³-hybridized carbons (Fsp3) is 0.211. The number of benzene rings is 2. The lowest BCUT2D eigenvalue weighted by Gasteiger charge is -2.14. The minimum Gasteiger partial charge on any atom is -0.493 e. The fourth-order valence-corrected chi connectivity index (χ4v) is 2.60. The number of anilines is 4. The van der Waals surface area contributed by atoms with Gasteiger partial charge in [0, 0.05) is 23.5 Å². The van der Waals surface area contributed by atoms with Gasteiger partial charge in [-0.1, -0.05) is 6.07 Å². The first-order valence-electron chi connectivity index (χ1n) is 8.54. The maximum atomic E-state index is 12.9. The third-order valence-corrected chi connectivity index (χ3v) is 3.94. The van der Waals surface area contributed by atoms with Gasteiger partial charge >= 0.3 is 6.18 Å². The summed E-state index contributed by atoms with van der Waals surface area (Å²) in [6.45, 7) is 0. The van der Waals surface area contributed by atoms with Crippen molar-refractivity contribution in [3.8, 4) is 17.2 Å². The largest absolute Gasteiger partial charge is 0.493 e. The van der Waals surface area contributed by atoms with Gasteiger partial charge < -0.3 is 24.8 Å². The molecule has 0 saturated heterocycles.